The van der Waals surface area contributed by atoms with Crippen LogP contribution < -0.4 is 5.32 Å². The van der Waals surface area contributed by atoms with Crippen LogP contribution in [-0.2, 0) is 0 Å². The van der Waals surface area contributed by atoms with Crippen molar-refractivity contribution in [3.05, 3.63) is 0 Å². The van der Waals surface area contributed by atoms with Gasteiger partial charge in [0.1, 0.15) is 0 Å². The molecule has 0 aliphatic heterocycles. The lowest BCUT2D eigenvalue weighted by Crippen LogP contribution is -2.55. The summed E-state index contributed by atoms with van der Waals surface area (Å²) < 4.78 is 0. The summed E-state index contributed by atoms with van der Waals surface area (Å²) in [6, 6.07) is 0.639. The van der Waals surface area contributed by atoms with Crippen LogP contribution in [-0.4, -0.2) is 48.3 Å². The molecule has 1 fully saturated rings. The van der Waals surface area contributed by atoms with Crippen LogP contribution in [0.15, 0.2) is 0 Å². The molecule has 1 saturated carbocycles. The Morgan fingerprint density at radius 2 is 2.12 bits per heavy atom. The number of rotatable bonds is 7. The fraction of sp³-hybridized carbons (Fsp3) is 1.00. The average molecular weight is 242 g/mol. The van der Waals surface area contributed by atoms with E-state index in [1.807, 2.05) is 0 Å². The van der Waals surface area contributed by atoms with Crippen molar-refractivity contribution < 1.29 is 5.11 Å². The van der Waals surface area contributed by atoms with Crippen molar-refractivity contribution in [1.29, 1.82) is 0 Å². The minimum absolute atomic E-state index is 0.0130. The maximum atomic E-state index is 9.72. The molecule has 0 radical (unpaired) electrons. The third-order valence-electron chi connectivity index (χ3n) is 4.07. The largest absolute Gasteiger partial charge is 0.394 e. The van der Waals surface area contributed by atoms with Crippen LogP contribution in [0.3, 0.4) is 0 Å². The SMILES string of the molecule is CCCNC1(CO)CCCC(N(C)CCC)C1. The monoisotopic (exact) mass is 242 g/mol. The highest BCUT2D eigenvalue weighted by atomic mass is 16.3. The standard InChI is InChI=1S/C14H30N2O/c1-4-9-15-14(12-17)8-6-7-13(11-14)16(3)10-5-2/h13,15,17H,4-12H2,1-3H3. The van der Waals surface area contributed by atoms with Gasteiger partial charge in [-0.2, -0.15) is 0 Å². The van der Waals surface area contributed by atoms with Crippen LogP contribution in [0.25, 0.3) is 0 Å². The second kappa shape index (κ2) is 7.34. The van der Waals surface area contributed by atoms with Crippen LogP contribution in [0.4, 0.5) is 0 Å². The number of hydrogen-bond acceptors (Lipinski definition) is 3. The smallest absolute Gasteiger partial charge is 0.0613 e. The van der Waals surface area contributed by atoms with Gasteiger partial charge in [0.15, 0.2) is 0 Å². The zero-order valence-corrected chi connectivity index (χ0v) is 11.8. The molecule has 1 aliphatic carbocycles. The third-order valence-corrected chi connectivity index (χ3v) is 4.07. The first-order chi connectivity index (χ1) is 8.17. The van der Waals surface area contributed by atoms with Gasteiger partial charge in [0.05, 0.1) is 6.61 Å². The minimum atomic E-state index is -0.0130. The van der Waals surface area contributed by atoms with Gasteiger partial charge in [-0.1, -0.05) is 13.8 Å². The van der Waals surface area contributed by atoms with Crippen LogP contribution in [0.2, 0.25) is 0 Å². The predicted molar refractivity (Wildman–Crippen MR) is 73.3 cm³/mol. The Morgan fingerprint density at radius 3 is 2.71 bits per heavy atom. The lowest BCUT2D eigenvalue weighted by Gasteiger charge is -2.43. The molecule has 0 bridgehead atoms. The Bertz CT molecular complexity index is 210. The fourth-order valence-corrected chi connectivity index (χ4v) is 2.99. The molecule has 3 nitrogen and oxygen atoms in total. The van der Waals surface area contributed by atoms with E-state index < -0.39 is 0 Å². The fourth-order valence-electron chi connectivity index (χ4n) is 2.99. The highest BCUT2D eigenvalue weighted by molar-refractivity contribution is 4.95. The lowest BCUT2D eigenvalue weighted by atomic mass is 9.78. The first-order valence-electron chi connectivity index (χ1n) is 7.23. The van der Waals surface area contributed by atoms with Gasteiger partial charge in [-0.15, -0.1) is 0 Å². The zero-order chi connectivity index (χ0) is 12.7. The molecule has 2 N–H and O–H groups in total. The third kappa shape index (κ3) is 4.23. The van der Waals surface area contributed by atoms with Crippen molar-refractivity contribution in [2.24, 2.45) is 0 Å². The summed E-state index contributed by atoms with van der Waals surface area (Å²) in [5, 5.41) is 13.3. The topological polar surface area (TPSA) is 35.5 Å². The van der Waals surface area contributed by atoms with Crippen LogP contribution in [0.1, 0.15) is 52.4 Å². The molecule has 0 saturated heterocycles. The van der Waals surface area contributed by atoms with Gasteiger partial charge in [0.25, 0.3) is 0 Å². The summed E-state index contributed by atoms with van der Waals surface area (Å²) in [4.78, 5) is 2.47. The van der Waals surface area contributed by atoms with E-state index in [-0.39, 0.29) is 12.1 Å². The van der Waals surface area contributed by atoms with E-state index in [4.69, 9.17) is 0 Å². The number of nitrogens with one attached hydrogen (secondary N) is 1. The Kier molecular flexibility index (Phi) is 6.45. The van der Waals surface area contributed by atoms with Gasteiger partial charge in [-0.05, 0) is 58.7 Å². The summed E-state index contributed by atoms with van der Waals surface area (Å²) in [6.45, 7) is 6.88. The maximum absolute atomic E-state index is 9.72. The Labute approximate surface area is 107 Å². The number of aliphatic hydroxyl groups is 1. The highest BCUT2D eigenvalue weighted by Crippen LogP contribution is 2.30. The van der Waals surface area contributed by atoms with Crippen molar-refractivity contribution in [2.75, 3.05) is 26.7 Å². The van der Waals surface area contributed by atoms with Gasteiger partial charge in [0.2, 0.25) is 0 Å². The predicted octanol–water partition coefficient (Wildman–Crippen LogP) is 2.00. The van der Waals surface area contributed by atoms with E-state index in [0.717, 1.165) is 25.8 Å². The maximum Gasteiger partial charge on any atom is 0.0613 e. The normalized spacial score (nSPS) is 29.8. The number of nitrogens with zero attached hydrogens (tertiary/aromatic N) is 1. The van der Waals surface area contributed by atoms with Crippen LogP contribution in [0.5, 0.6) is 0 Å². The van der Waals surface area contributed by atoms with Gasteiger partial charge in [0, 0.05) is 11.6 Å². The molecular weight excluding hydrogens is 212 g/mol. The molecule has 1 rings (SSSR count). The second-order valence-electron chi connectivity index (χ2n) is 5.60. The van der Waals surface area contributed by atoms with E-state index in [0.29, 0.717) is 6.04 Å². The molecule has 0 aromatic rings. The van der Waals surface area contributed by atoms with Gasteiger partial charge in [-0.3, -0.25) is 0 Å². The lowest BCUT2D eigenvalue weighted by molar-refractivity contribution is 0.0698. The molecule has 0 spiro atoms. The van der Waals surface area contributed by atoms with E-state index >= 15 is 0 Å². The molecular formula is C14H30N2O. The summed E-state index contributed by atoms with van der Waals surface area (Å²) in [6.07, 6.45) is 7.08. The Hall–Kier alpha value is -0.120. The molecule has 0 heterocycles. The molecule has 0 aromatic heterocycles. The van der Waals surface area contributed by atoms with E-state index in [1.54, 1.807) is 0 Å². The number of hydrogen-bond donors (Lipinski definition) is 2. The van der Waals surface area contributed by atoms with Crippen molar-refractivity contribution in [3.63, 3.8) is 0 Å². The molecule has 0 amide bonds. The molecule has 17 heavy (non-hydrogen) atoms. The van der Waals surface area contributed by atoms with E-state index in [9.17, 15) is 5.11 Å². The number of aliphatic hydroxyl groups excluding tert-OH is 1. The second-order valence-corrected chi connectivity index (χ2v) is 5.60. The van der Waals surface area contributed by atoms with Gasteiger partial charge >= 0.3 is 0 Å². The quantitative estimate of drug-likeness (QED) is 0.717. The van der Waals surface area contributed by atoms with Crippen molar-refractivity contribution in [1.82, 2.24) is 10.2 Å². The summed E-state index contributed by atoms with van der Waals surface area (Å²) in [5.74, 6) is 0. The summed E-state index contributed by atoms with van der Waals surface area (Å²) in [5.41, 5.74) is -0.0130. The zero-order valence-electron chi connectivity index (χ0n) is 11.8. The van der Waals surface area contributed by atoms with Gasteiger partial charge in [-0.25, -0.2) is 0 Å². The molecule has 102 valence electrons. The first-order valence-corrected chi connectivity index (χ1v) is 7.23. The highest BCUT2D eigenvalue weighted by Gasteiger charge is 2.36. The van der Waals surface area contributed by atoms with Crippen LogP contribution >= 0.6 is 0 Å². The molecule has 3 heteroatoms. The van der Waals surface area contributed by atoms with Crippen LogP contribution in [0, 0.1) is 0 Å². The molecule has 2 unspecified atom stereocenters. The minimum Gasteiger partial charge on any atom is -0.394 e. The molecule has 0 aromatic carbocycles. The molecule has 2 atom stereocenters. The van der Waals surface area contributed by atoms with Crippen molar-refractivity contribution in [3.8, 4) is 0 Å². The average Bonchev–Trinajstić information content (AvgIpc) is 2.37. The summed E-state index contributed by atoms with van der Waals surface area (Å²) in [7, 11) is 2.22. The van der Waals surface area contributed by atoms with Crippen molar-refractivity contribution in [2.45, 2.75) is 64.0 Å². The molecule has 1 aliphatic rings. The van der Waals surface area contributed by atoms with E-state index in [1.165, 1.54) is 25.8 Å². The van der Waals surface area contributed by atoms with Crippen molar-refractivity contribution >= 4 is 0 Å². The Balaban J connectivity index is 2.55. The van der Waals surface area contributed by atoms with Gasteiger partial charge < -0.3 is 15.3 Å². The first kappa shape index (κ1) is 14.9. The Morgan fingerprint density at radius 1 is 1.35 bits per heavy atom. The van der Waals surface area contributed by atoms with E-state index in [2.05, 4.69) is 31.1 Å². The summed E-state index contributed by atoms with van der Waals surface area (Å²) >= 11 is 0.